The van der Waals surface area contributed by atoms with Crippen LogP contribution in [0.15, 0.2) is 22.7 Å². The molecule has 1 saturated carbocycles. The van der Waals surface area contributed by atoms with E-state index in [1.807, 2.05) is 25.1 Å². The lowest BCUT2D eigenvalue weighted by atomic mass is 10.1. The standard InChI is InChI=1S/C15H21BrN2O2/c1-9(11-4-7-14(20-3)13(16)8-11)17-10(2)15(19)18-12-5-6-12/h4,7-10,12,17H,5-6H2,1-3H3,(H,18,19)/p+1/t9-,10-/m1/s1. The number of hydrogen-bond donors (Lipinski definition) is 2. The van der Waals surface area contributed by atoms with Crippen LogP contribution < -0.4 is 15.4 Å². The maximum atomic E-state index is 12.0. The van der Waals surface area contributed by atoms with E-state index in [0.717, 1.165) is 23.1 Å². The number of ether oxygens (including phenoxy) is 1. The molecule has 0 heterocycles. The second-order valence-corrected chi connectivity index (χ2v) is 6.30. The molecule has 1 aliphatic rings. The molecular weight excluding hydrogens is 320 g/mol. The van der Waals surface area contributed by atoms with Gasteiger partial charge in [-0.15, -0.1) is 0 Å². The smallest absolute Gasteiger partial charge is 0.278 e. The zero-order valence-corrected chi connectivity index (χ0v) is 13.7. The minimum Gasteiger partial charge on any atom is -0.496 e. The maximum Gasteiger partial charge on any atom is 0.278 e. The Kier molecular flexibility index (Phi) is 5.05. The zero-order chi connectivity index (χ0) is 14.7. The van der Waals surface area contributed by atoms with Gasteiger partial charge in [-0.1, -0.05) is 0 Å². The van der Waals surface area contributed by atoms with Crippen LogP contribution in [-0.4, -0.2) is 25.1 Å². The minimum absolute atomic E-state index is 0.0773. The molecule has 2 atom stereocenters. The Balaban J connectivity index is 1.94. The third-order valence-corrected chi connectivity index (χ3v) is 4.24. The Labute approximate surface area is 128 Å². The van der Waals surface area contributed by atoms with Crippen molar-refractivity contribution >= 4 is 21.8 Å². The predicted molar refractivity (Wildman–Crippen MR) is 81.7 cm³/mol. The van der Waals surface area contributed by atoms with Crippen molar-refractivity contribution in [3.63, 3.8) is 0 Å². The Morgan fingerprint density at radius 1 is 1.45 bits per heavy atom. The molecule has 0 radical (unpaired) electrons. The van der Waals surface area contributed by atoms with E-state index < -0.39 is 0 Å². The van der Waals surface area contributed by atoms with E-state index in [1.165, 1.54) is 5.56 Å². The Morgan fingerprint density at radius 3 is 2.70 bits per heavy atom. The van der Waals surface area contributed by atoms with Gasteiger partial charge in [0.1, 0.15) is 11.8 Å². The Morgan fingerprint density at radius 2 is 2.15 bits per heavy atom. The highest BCUT2D eigenvalue weighted by Crippen LogP contribution is 2.27. The zero-order valence-electron chi connectivity index (χ0n) is 12.2. The number of amides is 1. The summed E-state index contributed by atoms with van der Waals surface area (Å²) >= 11 is 3.49. The van der Waals surface area contributed by atoms with Crippen molar-refractivity contribution in [2.75, 3.05) is 7.11 Å². The largest absolute Gasteiger partial charge is 0.496 e. The molecule has 2 rings (SSSR count). The Hall–Kier alpha value is -1.07. The van der Waals surface area contributed by atoms with Crippen molar-refractivity contribution in [1.29, 1.82) is 0 Å². The fraction of sp³-hybridized carbons (Fsp3) is 0.533. The van der Waals surface area contributed by atoms with E-state index in [0.29, 0.717) is 6.04 Å². The van der Waals surface area contributed by atoms with Crippen LogP contribution in [0.5, 0.6) is 5.75 Å². The van der Waals surface area contributed by atoms with E-state index in [4.69, 9.17) is 4.74 Å². The van der Waals surface area contributed by atoms with Crippen LogP contribution in [0.2, 0.25) is 0 Å². The Bertz CT molecular complexity index is 489. The van der Waals surface area contributed by atoms with Crippen LogP contribution in [0.3, 0.4) is 0 Å². The van der Waals surface area contributed by atoms with Crippen LogP contribution in [0.1, 0.15) is 38.3 Å². The van der Waals surface area contributed by atoms with Crippen LogP contribution in [0.25, 0.3) is 0 Å². The molecule has 1 aliphatic carbocycles. The molecule has 1 amide bonds. The molecule has 0 spiro atoms. The fourth-order valence-electron chi connectivity index (χ4n) is 2.16. The van der Waals surface area contributed by atoms with Crippen LogP contribution in [0.4, 0.5) is 0 Å². The second kappa shape index (κ2) is 6.59. The van der Waals surface area contributed by atoms with Gasteiger partial charge >= 0.3 is 0 Å². The monoisotopic (exact) mass is 341 g/mol. The lowest BCUT2D eigenvalue weighted by Gasteiger charge is -2.17. The van der Waals surface area contributed by atoms with Crippen LogP contribution in [0, 0.1) is 0 Å². The molecule has 3 N–H and O–H groups in total. The van der Waals surface area contributed by atoms with E-state index in [-0.39, 0.29) is 18.0 Å². The lowest BCUT2D eigenvalue weighted by Crippen LogP contribution is -2.92. The van der Waals surface area contributed by atoms with Crippen LogP contribution in [-0.2, 0) is 4.79 Å². The molecule has 0 unspecified atom stereocenters. The van der Waals surface area contributed by atoms with Gasteiger partial charge in [0.2, 0.25) is 0 Å². The summed E-state index contributed by atoms with van der Waals surface area (Å²) in [5, 5.41) is 5.13. The van der Waals surface area contributed by atoms with Gasteiger partial charge in [-0.3, -0.25) is 4.79 Å². The van der Waals surface area contributed by atoms with Gasteiger partial charge in [0.15, 0.2) is 6.04 Å². The predicted octanol–water partition coefficient (Wildman–Crippen LogP) is 1.75. The second-order valence-electron chi connectivity index (χ2n) is 5.45. The van der Waals surface area contributed by atoms with Gasteiger partial charge in [-0.2, -0.15) is 0 Å². The van der Waals surface area contributed by atoms with Crippen molar-refractivity contribution in [3.05, 3.63) is 28.2 Å². The molecule has 0 aromatic heterocycles. The lowest BCUT2D eigenvalue weighted by molar-refractivity contribution is -0.710. The molecule has 0 bridgehead atoms. The van der Waals surface area contributed by atoms with Crippen LogP contribution >= 0.6 is 15.9 Å². The van der Waals surface area contributed by atoms with Gasteiger partial charge in [0.05, 0.1) is 11.6 Å². The number of benzene rings is 1. The number of halogens is 1. The first-order chi connectivity index (χ1) is 9.51. The molecule has 0 aliphatic heterocycles. The van der Waals surface area contributed by atoms with Crippen molar-refractivity contribution in [1.82, 2.24) is 5.32 Å². The summed E-state index contributed by atoms with van der Waals surface area (Å²) in [6, 6.07) is 6.59. The van der Waals surface area contributed by atoms with Crippen molar-refractivity contribution < 1.29 is 14.8 Å². The average molecular weight is 342 g/mol. The maximum absolute atomic E-state index is 12.0. The number of nitrogens with two attached hydrogens (primary N) is 1. The molecule has 1 fully saturated rings. The van der Waals surface area contributed by atoms with Gasteiger partial charge in [0, 0.05) is 11.6 Å². The SMILES string of the molecule is COc1ccc([C@@H](C)[NH2+][C@H](C)C(=O)NC2CC2)cc1Br. The van der Waals surface area contributed by atoms with E-state index in [9.17, 15) is 4.79 Å². The van der Waals surface area contributed by atoms with Crippen molar-refractivity contribution in [3.8, 4) is 5.75 Å². The highest BCUT2D eigenvalue weighted by atomic mass is 79.9. The first-order valence-electron chi connectivity index (χ1n) is 7.00. The first-order valence-corrected chi connectivity index (χ1v) is 7.79. The fourth-order valence-corrected chi connectivity index (χ4v) is 2.72. The van der Waals surface area contributed by atoms with Gasteiger partial charge < -0.3 is 15.4 Å². The number of carbonyl (C=O) groups excluding carboxylic acids is 1. The topological polar surface area (TPSA) is 54.9 Å². The summed E-state index contributed by atoms with van der Waals surface area (Å²) in [4.78, 5) is 12.0. The quantitative estimate of drug-likeness (QED) is 0.828. The minimum atomic E-state index is -0.0773. The molecule has 110 valence electrons. The third kappa shape index (κ3) is 3.96. The molecule has 20 heavy (non-hydrogen) atoms. The summed E-state index contributed by atoms with van der Waals surface area (Å²) in [5.74, 6) is 0.951. The number of carbonyl (C=O) groups is 1. The number of methoxy groups -OCH3 is 1. The third-order valence-electron chi connectivity index (χ3n) is 3.62. The van der Waals surface area contributed by atoms with Crippen molar-refractivity contribution in [2.45, 2.75) is 44.8 Å². The summed E-state index contributed by atoms with van der Waals surface area (Å²) < 4.78 is 6.17. The highest BCUT2D eigenvalue weighted by Gasteiger charge is 2.28. The molecule has 0 saturated heterocycles. The highest BCUT2D eigenvalue weighted by molar-refractivity contribution is 9.10. The summed E-state index contributed by atoms with van der Waals surface area (Å²) in [6.07, 6.45) is 2.25. The molecule has 1 aromatic carbocycles. The van der Waals surface area contributed by atoms with Gasteiger partial charge in [0.25, 0.3) is 5.91 Å². The summed E-state index contributed by atoms with van der Waals surface area (Å²) in [7, 11) is 1.65. The van der Waals surface area contributed by atoms with E-state index in [2.05, 4.69) is 33.5 Å². The molecule has 1 aromatic rings. The summed E-state index contributed by atoms with van der Waals surface area (Å²) in [6.45, 7) is 4.06. The van der Waals surface area contributed by atoms with E-state index >= 15 is 0 Å². The molecule has 5 heteroatoms. The number of nitrogens with one attached hydrogen (secondary N) is 1. The normalized spacial score (nSPS) is 17.4. The number of hydrogen-bond acceptors (Lipinski definition) is 2. The average Bonchev–Trinajstić information content (AvgIpc) is 3.22. The first kappa shape index (κ1) is 15.3. The van der Waals surface area contributed by atoms with E-state index in [1.54, 1.807) is 7.11 Å². The molecular formula is C15H22BrN2O2+. The van der Waals surface area contributed by atoms with Crippen molar-refractivity contribution in [2.24, 2.45) is 0 Å². The van der Waals surface area contributed by atoms with Gasteiger partial charge in [-0.25, -0.2) is 0 Å². The summed E-state index contributed by atoms with van der Waals surface area (Å²) in [5.41, 5.74) is 1.17. The van der Waals surface area contributed by atoms with Gasteiger partial charge in [-0.05, 0) is 60.8 Å². The number of quaternary nitrogens is 1. The number of rotatable bonds is 6. The molecule has 4 nitrogen and oxygen atoms in total.